The molecule has 0 fully saturated rings. The minimum Gasteiger partial charge on any atom is -0.401 e. The molecule has 1 rings (SSSR count). The van der Waals surface area contributed by atoms with E-state index in [9.17, 15) is 4.57 Å². The van der Waals surface area contributed by atoms with Gasteiger partial charge in [0.1, 0.15) is 0 Å². The van der Waals surface area contributed by atoms with Crippen molar-refractivity contribution in [2.24, 2.45) is 0 Å². The maximum Gasteiger partial charge on any atom is 0.361 e. The molecule has 0 spiro atoms. The zero-order valence-corrected chi connectivity index (χ0v) is 14.6. The fraction of sp³-hybridized carbons (Fsp3) is 0.429. The smallest absolute Gasteiger partial charge is 0.361 e. The molecule has 0 heterocycles. The summed E-state index contributed by atoms with van der Waals surface area (Å²) in [6.45, 7) is 6.10. The molecule has 1 atom stereocenters. The Labute approximate surface area is 122 Å². The van der Waals surface area contributed by atoms with Gasteiger partial charge in [-0.25, -0.2) is 0 Å². The second kappa shape index (κ2) is 7.34. The van der Waals surface area contributed by atoms with E-state index in [1.807, 2.05) is 56.0 Å². The van der Waals surface area contributed by atoms with E-state index >= 15 is 0 Å². The topological polar surface area (TPSA) is 44.8 Å². The van der Waals surface area contributed by atoms with Gasteiger partial charge in [-0.2, -0.15) is 0 Å². The van der Waals surface area contributed by atoms with Crippen molar-refractivity contribution in [3.63, 3.8) is 0 Å². The lowest BCUT2D eigenvalue weighted by molar-refractivity contribution is 0.210. The molecule has 1 aromatic carbocycles. The maximum absolute atomic E-state index is 12.6. The predicted octanol–water partition coefficient (Wildman–Crippen LogP) is 4.36. The third kappa shape index (κ3) is 5.35. The summed E-state index contributed by atoms with van der Waals surface area (Å²) in [6.07, 6.45) is 3.62. The van der Waals surface area contributed by atoms with E-state index in [1.165, 1.54) is 14.2 Å². The van der Waals surface area contributed by atoms with Crippen LogP contribution in [0.1, 0.15) is 5.56 Å². The van der Waals surface area contributed by atoms with Gasteiger partial charge in [0.2, 0.25) is 0 Å². The lowest BCUT2D eigenvalue weighted by Gasteiger charge is -2.28. The Hall–Kier alpha value is -0.713. The van der Waals surface area contributed by atoms with Crippen molar-refractivity contribution in [3.8, 4) is 0 Å². The Morgan fingerprint density at radius 1 is 1.10 bits per heavy atom. The molecule has 0 aliphatic rings. The van der Waals surface area contributed by atoms with Gasteiger partial charge >= 0.3 is 7.60 Å². The third-order valence-electron chi connectivity index (χ3n) is 2.55. The van der Waals surface area contributed by atoms with Crippen LogP contribution in [0.25, 0.3) is 6.08 Å². The van der Waals surface area contributed by atoms with Gasteiger partial charge in [0, 0.05) is 14.2 Å². The molecule has 0 amide bonds. The van der Waals surface area contributed by atoms with Gasteiger partial charge in [0.25, 0.3) is 0 Å². The molecular formula is C14H23O4PSi. The Morgan fingerprint density at radius 3 is 2.10 bits per heavy atom. The molecule has 0 N–H and O–H groups in total. The summed E-state index contributed by atoms with van der Waals surface area (Å²) in [7, 11) is -2.43. The molecule has 4 nitrogen and oxygen atoms in total. The second-order valence-electron chi connectivity index (χ2n) is 5.30. The molecule has 0 radical (unpaired) electrons. The Bertz CT molecular complexity index is 474. The van der Waals surface area contributed by atoms with Crippen LogP contribution in [0.2, 0.25) is 19.6 Å². The van der Waals surface area contributed by atoms with E-state index in [0.29, 0.717) is 0 Å². The van der Waals surface area contributed by atoms with Crippen LogP contribution in [-0.2, 0) is 18.0 Å². The molecule has 1 unspecified atom stereocenters. The average Bonchev–Trinajstić information content (AvgIpc) is 2.42. The van der Waals surface area contributed by atoms with Crippen LogP contribution >= 0.6 is 7.60 Å². The Balaban J connectivity index is 3.00. The molecule has 1 aromatic rings. The van der Waals surface area contributed by atoms with Crippen molar-refractivity contribution in [2.45, 2.75) is 25.5 Å². The van der Waals surface area contributed by atoms with E-state index in [0.717, 1.165) is 5.56 Å². The molecular weight excluding hydrogens is 291 g/mol. The summed E-state index contributed by atoms with van der Waals surface area (Å²) in [5.74, 6) is -0.690. The first-order chi connectivity index (χ1) is 9.30. The first-order valence-electron chi connectivity index (χ1n) is 6.43. The van der Waals surface area contributed by atoms with Crippen LogP contribution in [0.3, 0.4) is 0 Å². The molecule has 0 saturated heterocycles. The summed E-state index contributed by atoms with van der Waals surface area (Å²) >= 11 is 0. The van der Waals surface area contributed by atoms with Crippen LogP contribution in [0.15, 0.2) is 36.4 Å². The lowest BCUT2D eigenvalue weighted by atomic mass is 10.2. The standard InChI is InChI=1S/C14H23O4PSi/c1-16-19(15,17-2)14(18-20(3,4)5)12-11-13-9-7-6-8-10-13/h6-12,14H,1-5H3/b12-11+. The SMILES string of the molecule is COP(=O)(OC)C(/C=C/c1ccccc1)O[Si](C)(C)C. The highest BCUT2D eigenvalue weighted by Crippen LogP contribution is 2.53. The van der Waals surface area contributed by atoms with Crippen LogP contribution in [0.4, 0.5) is 0 Å². The number of benzene rings is 1. The van der Waals surface area contributed by atoms with E-state index in [-0.39, 0.29) is 0 Å². The lowest BCUT2D eigenvalue weighted by Crippen LogP contribution is -2.31. The van der Waals surface area contributed by atoms with E-state index in [2.05, 4.69) is 0 Å². The van der Waals surface area contributed by atoms with Crippen LogP contribution in [-0.4, -0.2) is 28.4 Å². The van der Waals surface area contributed by atoms with Gasteiger partial charge in [0.15, 0.2) is 14.2 Å². The maximum atomic E-state index is 12.6. The van der Waals surface area contributed by atoms with Gasteiger partial charge < -0.3 is 13.5 Å². The van der Waals surface area contributed by atoms with Crippen molar-refractivity contribution in [2.75, 3.05) is 14.2 Å². The predicted molar refractivity (Wildman–Crippen MR) is 85.3 cm³/mol. The zero-order chi connectivity index (χ0) is 15.2. The van der Waals surface area contributed by atoms with Crippen molar-refractivity contribution >= 4 is 22.0 Å². The van der Waals surface area contributed by atoms with Crippen molar-refractivity contribution in [3.05, 3.63) is 42.0 Å². The van der Waals surface area contributed by atoms with Gasteiger partial charge in [-0.05, 0) is 31.3 Å². The van der Waals surface area contributed by atoms with Gasteiger partial charge in [0.05, 0.1) is 0 Å². The molecule has 0 saturated carbocycles. The summed E-state index contributed by atoms with van der Waals surface area (Å²) in [4.78, 5) is 0. The van der Waals surface area contributed by atoms with Crippen molar-refractivity contribution in [1.29, 1.82) is 0 Å². The highest BCUT2D eigenvalue weighted by molar-refractivity contribution is 7.54. The van der Waals surface area contributed by atoms with E-state index in [4.69, 9.17) is 13.5 Å². The first-order valence-corrected chi connectivity index (χ1v) is 11.4. The molecule has 112 valence electrons. The summed E-state index contributed by atoms with van der Waals surface area (Å²) in [5.41, 5.74) is 1.01. The van der Waals surface area contributed by atoms with Gasteiger partial charge in [-0.15, -0.1) is 0 Å². The second-order valence-corrected chi connectivity index (χ2v) is 12.1. The minimum atomic E-state index is -3.30. The third-order valence-corrected chi connectivity index (χ3v) is 5.63. The molecule has 6 heteroatoms. The largest absolute Gasteiger partial charge is 0.401 e. The van der Waals surface area contributed by atoms with Crippen molar-refractivity contribution in [1.82, 2.24) is 0 Å². The summed E-state index contributed by atoms with van der Waals surface area (Å²) < 4.78 is 28.6. The Kier molecular flexibility index (Phi) is 6.36. The summed E-state index contributed by atoms with van der Waals surface area (Å²) in [6, 6.07) is 9.77. The number of hydrogen-bond acceptors (Lipinski definition) is 4. The van der Waals surface area contributed by atoms with Crippen LogP contribution in [0, 0.1) is 0 Å². The minimum absolute atomic E-state index is 0.690. The Morgan fingerprint density at radius 2 is 1.65 bits per heavy atom. The van der Waals surface area contributed by atoms with E-state index < -0.39 is 21.8 Å². The highest BCUT2D eigenvalue weighted by atomic mass is 31.2. The van der Waals surface area contributed by atoms with Gasteiger partial charge in [-0.1, -0.05) is 36.4 Å². The fourth-order valence-corrected chi connectivity index (χ4v) is 4.74. The quantitative estimate of drug-likeness (QED) is 0.554. The zero-order valence-electron chi connectivity index (χ0n) is 12.7. The van der Waals surface area contributed by atoms with Crippen LogP contribution in [0.5, 0.6) is 0 Å². The number of rotatable bonds is 7. The van der Waals surface area contributed by atoms with Crippen LogP contribution < -0.4 is 0 Å². The normalized spacial score (nSPS) is 14.7. The molecule has 0 aliphatic carbocycles. The first kappa shape index (κ1) is 17.3. The molecule has 0 aromatic heterocycles. The molecule has 0 bridgehead atoms. The number of hydrogen-bond donors (Lipinski definition) is 0. The fourth-order valence-electron chi connectivity index (χ4n) is 1.61. The molecule has 0 aliphatic heterocycles. The average molecular weight is 314 g/mol. The monoisotopic (exact) mass is 314 g/mol. The summed E-state index contributed by atoms with van der Waals surface area (Å²) in [5, 5.41) is 0. The molecule has 20 heavy (non-hydrogen) atoms. The van der Waals surface area contributed by atoms with E-state index in [1.54, 1.807) is 6.08 Å². The van der Waals surface area contributed by atoms with Gasteiger partial charge in [-0.3, -0.25) is 4.57 Å². The van der Waals surface area contributed by atoms with Crippen molar-refractivity contribution < 1.29 is 18.0 Å². The highest BCUT2D eigenvalue weighted by Gasteiger charge is 2.36.